The summed E-state index contributed by atoms with van der Waals surface area (Å²) < 4.78 is 6.65. The molecular weight excluding hydrogens is 328 g/mol. The molecule has 2 rings (SSSR count). The quantitative estimate of drug-likeness (QED) is 0.825. The standard InChI is InChI=1S/C15H14BrClO2/c1-9-7-12(17)4-6-14(9)19-15-5-3-11(10(2)18)8-13(15)16/h3-8,10,18H,1-2H3/t10-/m1/s1. The summed E-state index contributed by atoms with van der Waals surface area (Å²) in [5.74, 6) is 1.46. The van der Waals surface area contributed by atoms with E-state index in [4.69, 9.17) is 16.3 Å². The number of aliphatic hydroxyl groups is 1. The summed E-state index contributed by atoms with van der Waals surface area (Å²) in [5.41, 5.74) is 1.81. The summed E-state index contributed by atoms with van der Waals surface area (Å²) in [6, 6.07) is 11.0. The van der Waals surface area contributed by atoms with Crippen LogP contribution in [0.25, 0.3) is 0 Å². The number of hydrogen-bond donors (Lipinski definition) is 1. The van der Waals surface area contributed by atoms with E-state index < -0.39 is 6.10 Å². The van der Waals surface area contributed by atoms with E-state index in [1.54, 1.807) is 13.0 Å². The molecule has 2 aromatic carbocycles. The third-order valence-electron chi connectivity index (χ3n) is 2.80. The largest absolute Gasteiger partial charge is 0.456 e. The second kappa shape index (κ2) is 5.95. The average molecular weight is 342 g/mol. The Morgan fingerprint density at radius 2 is 1.84 bits per heavy atom. The number of halogens is 2. The number of benzene rings is 2. The zero-order valence-electron chi connectivity index (χ0n) is 10.7. The highest BCUT2D eigenvalue weighted by atomic mass is 79.9. The van der Waals surface area contributed by atoms with Gasteiger partial charge in [0, 0.05) is 5.02 Å². The second-order valence-corrected chi connectivity index (χ2v) is 5.67. The monoisotopic (exact) mass is 340 g/mol. The van der Waals surface area contributed by atoms with Gasteiger partial charge < -0.3 is 9.84 Å². The number of ether oxygens (including phenoxy) is 1. The van der Waals surface area contributed by atoms with Crippen LogP contribution in [0.15, 0.2) is 40.9 Å². The highest BCUT2D eigenvalue weighted by Crippen LogP contribution is 2.33. The van der Waals surface area contributed by atoms with Crippen molar-refractivity contribution >= 4 is 27.5 Å². The molecule has 1 N–H and O–H groups in total. The molecule has 0 aliphatic heterocycles. The minimum Gasteiger partial charge on any atom is -0.456 e. The number of rotatable bonds is 3. The van der Waals surface area contributed by atoms with Crippen molar-refractivity contribution in [2.45, 2.75) is 20.0 Å². The maximum Gasteiger partial charge on any atom is 0.141 e. The van der Waals surface area contributed by atoms with E-state index in [0.717, 1.165) is 21.3 Å². The Hall–Kier alpha value is -1.03. The lowest BCUT2D eigenvalue weighted by atomic mass is 10.1. The lowest BCUT2D eigenvalue weighted by Gasteiger charge is -2.12. The van der Waals surface area contributed by atoms with Crippen molar-refractivity contribution < 1.29 is 9.84 Å². The van der Waals surface area contributed by atoms with Gasteiger partial charge in [0.2, 0.25) is 0 Å². The molecule has 2 nitrogen and oxygen atoms in total. The van der Waals surface area contributed by atoms with Gasteiger partial charge in [-0.3, -0.25) is 0 Å². The van der Waals surface area contributed by atoms with Crippen molar-refractivity contribution in [2.75, 3.05) is 0 Å². The van der Waals surface area contributed by atoms with Crippen LogP contribution in [-0.2, 0) is 0 Å². The first-order valence-electron chi connectivity index (χ1n) is 5.89. The molecule has 19 heavy (non-hydrogen) atoms. The van der Waals surface area contributed by atoms with Crippen molar-refractivity contribution in [3.63, 3.8) is 0 Å². The van der Waals surface area contributed by atoms with Gasteiger partial charge in [0.1, 0.15) is 11.5 Å². The summed E-state index contributed by atoms with van der Waals surface area (Å²) in [6.45, 7) is 3.67. The Morgan fingerprint density at radius 3 is 2.42 bits per heavy atom. The van der Waals surface area contributed by atoms with Crippen molar-refractivity contribution in [1.82, 2.24) is 0 Å². The molecule has 0 radical (unpaired) electrons. The van der Waals surface area contributed by atoms with E-state index in [-0.39, 0.29) is 0 Å². The van der Waals surface area contributed by atoms with Gasteiger partial charge in [-0.1, -0.05) is 17.7 Å². The number of hydrogen-bond acceptors (Lipinski definition) is 2. The predicted molar refractivity (Wildman–Crippen MR) is 81.0 cm³/mol. The van der Waals surface area contributed by atoms with Crippen molar-refractivity contribution in [3.8, 4) is 11.5 Å². The van der Waals surface area contributed by atoms with Crippen LogP contribution in [0.5, 0.6) is 11.5 Å². The minimum absolute atomic E-state index is 0.498. The SMILES string of the molecule is Cc1cc(Cl)ccc1Oc1ccc([C@@H](C)O)cc1Br. The molecule has 100 valence electrons. The number of aryl methyl sites for hydroxylation is 1. The fourth-order valence-electron chi connectivity index (χ4n) is 1.71. The van der Waals surface area contributed by atoms with Crippen LogP contribution in [0.3, 0.4) is 0 Å². The molecule has 0 heterocycles. The van der Waals surface area contributed by atoms with E-state index in [9.17, 15) is 5.11 Å². The van der Waals surface area contributed by atoms with Crippen molar-refractivity contribution in [3.05, 3.63) is 57.0 Å². The molecule has 0 unspecified atom stereocenters. The molecule has 0 fully saturated rings. The Kier molecular flexibility index (Phi) is 4.50. The smallest absolute Gasteiger partial charge is 0.141 e. The first kappa shape index (κ1) is 14.4. The van der Waals surface area contributed by atoms with Gasteiger partial charge in [-0.25, -0.2) is 0 Å². The number of aliphatic hydroxyl groups excluding tert-OH is 1. The van der Waals surface area contributed by atoms with Crippen molar-refractivity contribution in [2.24, 2.45) is 0 Å². The first-order chi connectivity index (χ1) is 8.97. The van der Waals surface area contributed by atoms with Gasteiger partial charge in [0.25, 0.3) is 0 Å². The predicted octanol–water partition coefficient (Wildman–Crippen LogP) is 5.26. The molecular formula is C15H14BrClO2. The van der Waals surface area contributed by atoms with E-state index >= 15 is 0 Å². The lowest BCUT2D eigenvalue weighted by molar-refractivity contribution is 0.199. The molecule has 0 saturated heterocycles. The fraction of sp³-hybridized carbons (Fsp3) is 0.200. The maximum atomic E-state index is 9.53. The highest BCUT2D eigenvalue weighted by Gasteiger charge is 2.08. The second-order valence-electron chi connectivity index (χ2n) is 4.38. The molecule has 1 atom stereocenters. The van der Waals surface area contributed by atoms with Crippen LogP contribution in [-0.4, -0.2) is 5.11 Å². The third-order valence-corrected chi connectivity index (χ3v) is 3.65. The van der Waals surface area contributed by atoms with Crippen molar-refractivity contribution in [1.29, 1.82) is 0 Å². The molecule has 0 aliphatic carbocycles. The van der Waals surface area contributed by atoms with E-state index in [2.05, 4.69) is 15.9 Å². The third kappa shape index (κ3) is 3.50. The Morgan fingerprint density at radius 1 is 1.16 bits per heavy atom. The molecule has 2 aromatic rings. The average Bonchev–Trinajstić information content (AvgIpc) is 2.34. The van der Waals surface area contributed by atoms with Gasteiger partial charge in [0.05, 0.1) is 10.6 Å². The van der Waals surface area contributed by atoms with Gasteiger partial charge >= 0.3 is 0 Å². The maximum absolute atomic E-state index is 9.53. The van der Waals surface area contributed by atoms with Crippen LogP contribution >= 0.6 is 27.5 Å². The topological polar surface area (TPSA) is 29.5 Å². The molecule has 0 saturated carbocycles. The van der Waals surface area contributed by atoms with Crippen LogP contribution in [0.1, 0.15) is 24.2 Å². The summed E-state index contributed by atoms with van der Waals surface area (Å²) in [4.78, 5) is 0. The summed E-state index contributed by atoms with van der Waals surface area (Å²) in [5, 5.41) is 10.2. The van der Waals surface area contributed by atoms with Gasteiger partial charge in [-0.15, -0.1) is 0 Å². The van der Waals surface area contributed by atoms with Gasteiger partial charge in [-0.05, 0) is 71.2 Å². The van der Waals surface area contributed by atoms with E-state index in [1.807, 2.05) is 37.3 Å². The molecule has 0 spiro atoms. The molecule has 4 heteroatoms. The van der Waals surface area contributed by atoms with Gasteiger partial charge in [0.15, 0.2) is 0 Å². The minimum atomic E-state index is -0.498. The highest BCUT2D eigenvalue weighted by molar-refractivity contribution is 9.10. The zero-order valence-corrected chi connectivity index (χ0v) is 13.0. The summed E-state index contributed by atoms with van der Waals surface area (Å²) in [7, 11) is 0. The van der Waals surface area contributed by atoms with Crippen LogP contribution in [0.2, 0.25) is 5.02 Å². The Balaban J connectivity index is 2.28. The molecule has 0 bridgehead atoms. The fourth-order valence-corrected chi connectivity index (χ4v) is 2.41. The molecule has 0 aromatic heterocycles. The summed E-state index contributed by atoms with van der Waals surface area (Å²) >= 11 is 9.36. The van der Waals surface area contributed by atoms with Crippen LogP contribution in [0.4, 0.5) is 0 Å². The van der Waals surface area contributed by atoms with Crippen LogP contribution < -0.4 is 4.74 Å². The van der Waals surface area contributed by atoms with Crippen LogP contribution in [0, 0.1) is 6.92 Å². The molecule has 0 amide bonds. The Bertz CT molecular complexity index is 597. The van der Waals surface area contributed by atoms with E-state index in [0.29, 0.717) is 10.8 Å². The lowest BCUT2D eigenvalue weighted by Crippen LogP contribution is -1.93. The van der Waals surface area contributed by atoms with E-state index in [1.165, 1.54) is 0 Å². The van der Waals surface area contributed by atoms with Gasteiger partial charge in [-0.2, -0.15) is 0 Å². The Labute approximate surface area is 126 Å². The summed E-state index contributed by atoms with van der Waals surface area (Å²) in [6.07, 6.45) is -0.498. The molecule has 0 aliphatic rings. The zero-order chi connectivity index (χ0) is 14.0. The first-order valence-corrected chi connectivity index (χ1v) is 7.06. The normalized spacial score (nSPS) is 12.3.